The summed E-state index contributed by atoms with van der Waals surface area (Å²) in [6.07, 6.45) is 0.327. The Morgan fingerprint density at radius 2 is 1.69 bits per heavy atom. The van der Waals surface area contributed by atoms with Crippen molar-refractivity contribution in [3.63, 3.8) is 0 Å². The first-order valence-electron chi connectivity index (χ1n) is 8.04. The molecule has 10 heteroatoms. The van der Waals surface area contributed by atoms with Gasteiger partial charge >= 0.3 is 12.0 Å². The van der Waals surface area contributed by atoms with Gasteiger partial charge in [0.15, 0.2) is 6.61 Å². The summed E-state index contributed by atoms with van der Waals surface area (Å²) in [5.41, 5.74) is 5.51. The van der Waals surface area contributed by atoms with Crippen molar-refractivity contribution in [2.24, 2.45) is 5.73 Å². The molecule has 0 aliphatic heterocycles. The fraction of sp³-hybridized carbons (Fsp3) is 0.438. The zero-order valence-electron chi connectivity index (χ0n) is 14.7. The summed E-state index contributed by atoms with van der Waals surface area (Å²) < 4.78 is 30.8. The number of amides is 3. The minimum Gasteiger partial charge on any atom is -0.456 e. The maximum atomic E-state index is 12.4. The van der Waals surface area contributed by atoms with E-state index in [9.17, 15) is 22.8 Å². The molecule has 0 aromatic heterocycles. The van der Waals surface area contributed by atoms with Gasteiger partial charge in [-0.15, -0.1) is 0 Å². The molecule has 144 valence electrons. The van der Waals surface area contributed by atoms with Crippen molar-refractivity contribution in [2.75, 3.05) is 19.7 Å². The molecular weight excluding hydrogens is 362 g/mol. The average molecular weight is 385 g/mol. The van der Waals surface area contributed by atoms with Crippen LogP contribution in [0.15, 0.2) is 29.2 Å². The van der Waals surface area contributed by atoms with E-state index < -0.39 is 34.5 Å². The number of ether oxygens (including phenoxy) is 1. The highest BCUT2D eigenvalue weighted by Crippen LogP contribution is 2.17. The first-order valence-corrected chi connectivity index (χ1v) is 9.48. The van der Waals surface area contributed by atoms with E-state index in [4.69, 9.17) is 10.5 Å². The van der Waals surface area contributed by atoms with E-state index in [1.807, 2.05) is 0 Å². The molecule has 1 rings (SSSR count). The third-order valence-electron chi connectivity index (χ3n) is 3.51. The maximum absolute atomic E-state index is 12.4. The molecule has 0 aliphatic rings. The van der Waals surface area contributed by atoms with Gasteiger partial charge in [-0.1, -0.05) is 26.0 Å². The lowest BCUT2D eigenvalue weighted by Gasteiger charge is -2.18. The van der Waals surface area contributed by atoms with Crippen LogP contribution in [0.3, 0.4) is 0 Å². The number of nitrogens with two attached hydrogens (primary N) is 1. The second kappa shape index (κ2) is 9.88. The van der Waals surface area contributed by atoms with Gasteiger partial charge in [-0.2, -0.15) is 4.31 Å². The van der Waals surface area contributed by atoms with E-state index in [0.29, 0.717) is 19.5 Å². The third-order valence-corrected chi connectivity index (χ3v) is 5.58. The van der Waals surface area contributed by atoms with E-state index in [-0.39, 0.29) is 11.3 Å². The van der Waals surface area contributed by atoms with Crippen LogP contribution in [-0.4, -0.2) is 50.3 Å². The molecule has 0 fully saturated rings. The van der Waals surface area contributed by atoms with Gasteiger partial charge in [-0.05, 0) is 24.1 Å². The number of imide groups is 1. The molecule has 0 radical (unpaired) electrons. The van der Waals surface area contributed by atoms with Crippen molar-refractivity contribution in [3.8, 4) is 0 Å². The molecule has 0 saturated carbocycles. The summed E-state index contributed by atoms with van der Waals surface area (Å²) in [6, 6.07) is 5.22. The zero-order valence-corrected chi connectivity index (χ0v) is 15.5. The molecule has 3 amide bonds. The van der Waals surface area contributed by atoms with Crippen LogP contribution in [0.4, 0.5) is 4.79 Å². The van der Waals surface area contributed by atoms with Crippen LogP contribution in [-0.2, 0) is 30.8 Å². The van der Waals surface area contributed by atoms with Gasteiger partial charge in [0.25, 0.3) is 5.91 Å². The molecule has 0 unspecified atom stereocenters. The molecule has 9 nitrogen and oxygen atoms in total. The zero-order chi connectivity index (χ0) is 19.7. The number of esters is 1. The van der Waals surface area contributed by atoms with Gasteiger partial charge in [0, 0.05) is 19.5 Å². The standard InChI is InChI=1S/C16H23N3O6S/c1-3-19(4-2)26(23,24)13-8-5-12(6-9-13)7-10-15(21)25-11-14(20)18-16(17)22/h5-6,8-9H,3-4,7,10-11H2,1-2H3,(H3,17,18,20,22). The van der Waals surface area contributed by atoms with Gasteiger partial charge in [-0.25, -0.2) is 13.2 Å². The number of carbonyl (C=O) groups excluding carboxylic acids is 3. The van der Waals surface area contributed by atoms with Crippen molar-refractivity contribution in [2.45, 2.75) is 31.6 Å². The van der Waals surface area contributed by atoms with Crippen molar-refractivity contribution >= 4 is 27.9 Å². The van der Waals surface area contributed by atoms with E-state index in [2.05, 4.69) is 0 Å². The van der Waals surface area contributed by atoms with Crippen molar-refractivity contribution < 1.29 is 27.5 Å². The summed E-state index contributed by atoms with van der Waals surface area (Å²) in [6.45, 7) is 3.71. The van der Waals surface area contributed by atoms with Crippen molar-refractivity contribution in [1.82, 2.24) is 9.62 Å². The Morgan fingerprint density at radius 3 is 2.19 bits per heavy atom. The quantitative estimate of drug-likeness (QED) is 0.590. The molecule has 0 aliphatic carbocycles. The largest absolute Gasteiger partial charge is 0.456 e. The fourth-order valence-electron chi connectivity index (χ4n) is 2.18. The lowest BCUT2D eigenvalue weighted by molar-refractivity contribution is -0.148. The highest BCUT2D eigenvalue weighted by Gasteiger charge is 2.21. The number of urea groups is 1. The summed E-state index contributed by atoms with van der Waals surface area (Å²) in [5, 5.41) is 1.77. The molecule has 0 atom stereocenters. The molecule has 0 heterocycles. The Balaban J connectivity index is 2.56. The van der Waals surface area contributed by atoms with Gasteiger partial charge in [0.2, 0.25) is 10.0 Å². The summed E-state index contributed by atoms with van der Waals surface area (Å²) >= 11 is 0. The Kier molecular flexibility index (Phi) is 8.20. The number of primary amides is 1. The van der Waals surface area contributed by atoms with Gasteiger partial charge in [0.1, 0.15) is 0 Å². The fourth-order valence-corrected chi connectivity index (χ4v) is 3.64. The first-order chi connectivity index (χ1) is 12.2. The van der Waals surface area contributed by atoms with Crippen LogP contribution < -0.4 is 11.1 Å². The number of nitrogens with one attached hydrogen (secondary N) is 1. The molecule has 0 bridgehead atoms. The maximum Gasteiger partial charge on any atom is 0.318 e. The number of benzene rings is 1. The van der Waals surface area contributed by atoms with Crippen LogP contribution >= 0.6 is 0 Å². The topological polar surface area (TPSA) is 136 Å². The van der Waals surface area contributed by atoms with Gasteiger partial charge in [-0.3, -0.25) is 14.9 Å². The second-order valence-electron chi connectivity index (χ2n) is 5.31. The van der Waals surface area contributed by atoms with E-state index in [0.717, 1.165) is 5.56 Å². The van der Waals surface area contributed by atoms with Gasteiger partial charge in [0.05, 0.1) is 4.90 Å². The molecule has 26 heavy (non-hydrogen) atoms. The minimum atomic E-state index is -3.52. The molecule has 1 aromatic carbocycles. The number of rotatable bonds is 9. The van der Waals surface area contributed by atoms with Crippen LogP contribution in [0.1, 0.15) is 25.8 Å². The number of aryl methyl sites for hydroxylation is 1. The molecule has 1 aromatic rings. The predicted octanol–water partition coefficient (Wildman–Crippen LogP) is 0.388. The summed E-state index contributed by atoms with van der Waals surface area (Å²) in [4.78, 5) is 33.3. The number of sulfonamides is 1. The second-order valence-corrected chi connectivity index (χ2v) is 7.24. The number of carbonyl (C=O) groups is 3. The lowest BCUT2D eigenvalue weighted by atomic mass is 10.1. The smallest absolute Gasteiger partial charge is 0.318 e. The predicted molar refractivity (Wildman–Crippen MR) is 93.6 cm³/mol. The first kappa shape index (κ1) is 21.6. The summed E-state index contributed by atoms with van der Waals surface area (Å²) in [5.74, 6) is -1.43. The van der Waals surface area contributed by atoms with Crippen LogP contribution in [0.25, 0.3) is 0 Å². The molecule has 0 spiro atoms. The minimum absolute atomic E-state index is 0.00595. The molecular formula is C16H23N3O6S. The van der Waals surface area contributed by atoms with E-state index >= 15 is 0 Å². The Morgan fingerprint density at radius 1 is 1.12 bits per heavy atom. The van der Waals surface area contributed by atoms with Gasteiger partial charge < -0.3 is 10.5 Å². The van der Waals surface area contributed by atoms with E-state index in [1.54, 1.807) is 31.3 Å². The normalized spacial score (nSPS) is 11.2. The lowest BCUT2D eigenvalue weighted by Crippen LogP contribution is -2.37. The summed E-state index contributed by atoms with van der Waals surface area (Å²) in [7, 11) is -3.52. The molecule has 0 saturated heterocycles. The highest BCUT2D eigenvalue weighted by molar-refractivity contribution is 7.89. The number of hydrogen-bond acceptors (Lipinski definition) is 6. The monoisotopic (exact) mass is 385 g/mol. The Hall–Kier alpha value is -2.46. The SMILES string of the molecule is CCN(CC)S(=O)(=O)c1ccc(CCC(=O)OCC(=O)NC(N)=O)cc1. The highest BCUT2D eigenvalue weighted by atomic mass is 32.2. The number of nitrogens with zero attached hydrogens (tertiary/aromatic N) is 1. The van der Waals surface area contributed by atoms with Crippen molar-refractivity contribution in [3.05, 3.63) is 29.8 Å². The van der Waals surface area contributed by atoms with Crippen molar-refractivity contribution in [1.29, 1.82) is 0 Å². The van der Waals surface area contributed by atoms with Crippen LogP contribution in [0.5, 0.6) is 0 Å². The van der Waals surface area contributed by atoms with Crippen LogP contribution in [0.2, 0.25) is 0 Å². The van der Waals surface area contributed by atoms with Crippen LogP contribution in [0, 0.1) is 0 Å². The van der Waals surface area contributed by atoms with E-state index in [1.165, 1.54) is 16.4 Å². The average Bonchev–Trinajstić information content (AvgIpc) is 2.58. The third kappa shape index (κ3) is 6.45. The Bertz CT molecular complexity index is 742. The Labute approximate surface area is 152 Å². The number of hydrogen-bond donors (Lipinski definition) is 2. The molecule has 3 N–H and O–H groups in total.